The second kappa shape index (κ2) is 5.06. The van der Waals surface area contributed by atoms with Gasteiger partial charge in [-0.25, -0.2) is 13.4 Å². The highest BCUT2D eigenvalue weighted by Gasteiger charge is 2.49. The topological polar surface area (TPSA) is 84.3 Å². The lowest BCUT2D eigenvalue weighted by atomic mass is 10.0. The Balaban J connectivity index is 1.70. The van der Waals surface area contributed by atoms with Gasteiger partial charge in [-0.05, 0) is 37.8 Å². The van der Waals surface area contributed by atoms with Crippen molar-refractivity contribution in [3.8, 4) is 0 Å². The Kier molecular flexibility index (Phi) is 3.49. The van der Waals surface area contributed by atoms with Gasteiger partial charge in [0, 0.05) is 0 Å². The number of carbonyl (C=O) groups is 1. The van der Waals surface area contributed by atoms with Gasteiger partial charge in [-0.3, -0.25) is 4.79 Å². The van der Waals surface area contributed by atoms with Crippen LogP contribution >= 0.6 is 11.3 Å². The van der Waals surface area contributed by atoms with E-state index in [1.165, 1.54) is 11.3 Å². The molecule has 0 radical (unpaired) electrons. The normalized spacial score (nSPS) is 17.0. The minimum Gasteiger partial charge on any atom is -0.481 e. The first kappa shape index (κ1) is 14.5. The Morgan fingerprint density at radius 3 is 2.67 bits per heavy atom. The molecule has 0 unspecified atom stereocenters. The Morgan fingerprint density at radius 2 is 2.05 bits per heavy atom. The summed E-state index contributed by atoms with van der Waals surface area (Å²) in [5, 5.41) is 9.09. The van der Waals surface area contributed by atoms with Crippen LogP contribution in [0.25, 0.3) is 10.2 Å². The van der Waals surface area contributed by atoms with E-state index in [1.807, 2.05) is 18.2 Å². The standard InChI is InChI=1S/C14H15NO4S2/c16-12(17)14(7-8-14)6-3-9-21(18,19)13-15-10-4-1-2-5-11(10)20-13/h1-2,4-5H,3,6-9H2,(H,16,17). The average molecular weight is 325 g/mol. The molecule has 1 aromatic carbocycles. The second-order valence-electron chi connectivity index (χ2n) is 5.46. The second-order valence-corrected chi connectivity index (χ2v) is 8.77. The van der Waals surface area contributed by atoms with E-state index in [4.69, 9.17) is 5.11 Å². The Bertz CT molecular complexity index is 757. The molecule has 1 N–H and O–H groups in total. The largest absolute Gasteiger partial charge is 0.481 e. The summed E-state index contributed by atoms with van der Waals surface area (Å²) in [5.41, 5.74) is 0.0219. The SMILES string of the molecule is O=C(O)C1(CCCS(=O)(=O)c2nc3ccccc3s2)CC1. The molecule has 0 aliphatic heterocycles. The number of hydrogen-bond donors (Lipinski definition) is 1. The fraction of sp³-hybridized carbons (Fsp3) is 0.429. The number of benzene rings is 1. The van der Waals surface area contributed by atoms with Crippen molar-refractivity contribution in [2.75, 3.05) is 5.75 Å². The zero-order chi connectivity index (χ0) is 15.1. The van der Waals surface area contributed by atoms with Crippen LogP contribution in [0.15, 0.2) is 28.6 Å². The van der Waals surface area contributed by atoms with Crippen LogP contribution in [-0.4, -0.2) is 30.2 Å². The van der Waals surface area contributed by atoms with Gasteiger partial charge in [0.2, 0.25) is 14.2 Å². The molecule has 1 heterocycles. The molecular weight excluding hydrogens is 310 g/mol. The molecule has 0 atom stereocenters. The maximum Gasteiger partial charge on any atom is 0.309 e. The van der Waals surface area contributed by atoms with Crippen LogP contribution in [0.4, 0.5) is 0 Å². The third-order valence-corrected chi connectivity index (χ3v) is 7.21. The first-order chi connectivity index (χ1) is 9.93. The Labute approximate surface area is 126 Å². The van der Waals surface area contributed by atoms with Crippen LogP contribution in [0.5, 0.6) is 0 Å². The third-order valence-electron chi connectivity index (χ3n) is 3.92. The zero-order valence-corrected chi connectivity index (χ0v) is 12.9. The summed E-state index contributed by atoms with van der Waals surface area (Å²) >= 11 is 1.17. The van der Waals surface area contributed by atoms with E-state index in [2.05, 4.69) is 4.98 Å². The summed E-state index contributed by atoms with van der Waals surface area (Å²) < 4.78 is 25.5. The molecule has 1 aromatic heterocycles. The van der Waals surface area contributed by atoms with Crippen molar-refractivity contribution in [3.63, 3.8) is 0 Å². The van der Waals surface area contributed by atoms with E-state index in [1.54, 1.807) is 6.07 Å². The van der Waals surface area contributed by atoms with Crippen molar-refractivity contribution in [3.05, 3.63) is 24.3 Å². The van der Waals surface area contributed by atoms with Crippen molar-refractivity contribution in [1.82, 2.24) is 4.98 Å². The molecule has 3 rings (SSSR count). The molecule has 1 aliphatic rings. The minimum absolute atomic E-state index is 0.0398. The number of carboxylic acid groups (broad SMARTS) is 1. The first-order valence-corrected chi connectivity index (χ1v) is 9.22. The van der Waals surface area contributed by atoms with Gasteiger partial charge in [0.25, 0.3) is 0 Å². The van der Waals surface area contributed by atoms with Crippen molar-refractivity contribution in [2.45, 2.75) is 30.0 Å². The molecule has 5 nitrogen and oxygen atoms in total. The maximum absolute atomic E-state index is 12.3. The van der Waals surface area contributed by atoms with Crippen LogP contribution in [0.3, 0.4) is 0 Å². The molecule has 0 bridgehead atoms. The predicted octanol–water partition coefficient (Wildman–Crippen LogP) is 2.72. The summed E-state index contributed by atoms with van der Waals surface area (Å²) in [4.78, 5) is 15.2. The van der Waals surface area contributed by atoms with E-state index >= 15 is 0 Å². The number of carboxylic acids is 1. The smallest absolute Gasteiger partial charge is 0.309 e. The molecule has 21 heavy (non-hydrogen) atoms. The quantitative estimate of drug-likeness (QED) is 0.882. The van der Waals surface area contributed by atoms with Crippen molar-refractivity contribution >= 4 is 37.4 Å². The molecule has 2 aromatic rings. The van der Waals surface area contributed by atoms with Gasteiger partial charge in [-0.2, -0.15) is 0 Å². The molecule has 1 aliphatic carbocycles. The van der Waals surface area contributed by atoms with Crippen LogP contribution in [0.1, 0.15) is 25.7 Å². The van der Waals surface area contributed by atoms with Crippen LogP contribution in [0.2, 0.25) is 0 Å². The number of thiazole rings is 1. The molecule has 7 heteroatoms. The van der Waals surface area contributed by atoms with Gasteiger partial charge in [0.1, 0.15) is 0 Å². The molecule has 0 saturated heterocycles. The van der Waals surface area contributed by atoms with Gasteiger partial charge < -0.3 is 5.11 Å². The van der Waals surface area contributed by atoms with E-state index in [-0.39, 0.29) is 10.1 Å². The monoisotopic (exact) mass is 325 g/mol. The number of hydrogen-bond acceptors (Lipinski definition) is 5. The number of rotatable bonds is 6. The summed E-state index contributed by atoms with van der Waals surface area (Å²) in [6.07, 6.45) is 2.10. The maximum atomic E-state index is 12.3. The number of sulfone groups is 1. The van der Waals surface area contributed by atoms with Crippen molar-refractivity contribution in [1.29, 1.82) is 0 Å². The predicted molar refractivity (Wildman–Crippen MR) is 80.2 cm³/mol. The number of aromatic nitrogens is 1. The van der Waals surface area contributed by atoms with E-state index in [0.717, 1.165) is 4.70 Å². The number of nitrogens with zero attached hydrogens (tertiary/aromatic N) is 1. The van der Waals surface area contributed by atoms with Crippen molar-refractivity contribution < 1.29 is 18.3 Å². The van der Waals surface area contributed by atoms with E-state index in [9.17, 15) is 13.2 Å². The highest BCUT2D eigenvalue weighted by Crippen LogP contribution is 2.49. The van der Waals surface area contributed by atoms with Gasteiger partial charge in [0.05, 0.1) is 21.4 Å². The van der Waals surface area contributed by atoms with Crippen LogP contribution in [-0.2, 0) is 14.6 Å². The molecule has 112 valence electrons. The zero-order valence-electron chi connectivity index (χ0n) is 11.3. The fourth-order valence-corrected chi connectivity index (χ4v) is 5.05. The summed E-state index contributed by atoms with van der Waals surface area (Å²) in [6, 6.07) is 7.30. The summed E-state index contributed by atoms with van der Waals surface area (Å²) in [7, 11) is -3.43. The lowest BCUT2D eigenvalue weighted by Gasteiger charge is -2.08. The van der Waals surface area contributed by atoms with E-state index < -0.39 is 21.2 Å². The Morgan fingerprint density at radius 1 is 1.33 bits per heavy atom. The van der Waals surface area contributed by atoms with Gasteiger partial charge in [0.15, 0.2) is 0 Å². The lowest BCUT2D eigenvalue weighted by Crippen LogP contribution is -2.16. The molecule has 1 fully saturated rings. The summed E-state index contributed by atoms with van der Waals surface area (Å²) in [5.74, 6) is -0.845. The fourth-order valence-electron chi connectivity index (χ4n) is 2.39. The van der Waals surface area contributed by atoms with Gasteiger partial charge >= 0.3 is 5.97 Å². The first-order valence-electron chi connectivity index (χ1n) is 6.75. The van der Waals surface area contributed by atoms with Crippen LogP contribution < -0.4 is 0 Å². The number of aliphatic carboxylic acids is 1. The Hall–Kier alpha value is -1.47. The van der Waals surface area contributed by atoms with Gasteiger partial charge in [-0.1, -0.05) is 12.1 Å². The lowest BCUT2D eigenvalue weighted by molar-refractivity contribution is -0.143. The van der Waals surface area contributed by atoms with Crippen LogP contribution in [0, 0.1) is 5.41 Å². The molecular formula is C14H15NO4S2. The minimum atomic E-state index is -3.43. The molecule has 0 spiro atoms. The van der Waals surface area contributed by atoms with Gasteiger partial charge in [-0.15, -0.1) is 11.3 Å². The van der Waals surface area contributed by atoms with Crippen molar-refractivity contribution in [2.24, 2.45) is 5.41 Å². The summed E-state index contributed by atoms with van der Waals surface area (Å²) in [6.45, 7) is 0. The third kappa shape index (κ3) is 2.80. The average Bonchev–Trinajstić information content (AvgIpc) is 3.09. The molecule has 1 saturated carbocycles. The highest BCUT2D eigenvalue weighted by molar-refractivity contribution is 7.93. The number of fused-ring (bicyclic) bond motifs is 1. The van der Waals surface area contributed by atoms with E-state index in [0.29, 0.717) is 31.2 Å². The highest BCUT2D eigenvalue weighted by atomic mass is 32.2. The molecule has 0 amide bonds. The number of para-hydroxylation sites is 1.